The number of ether oxygens (including phenoxy) is 1. The Morgan fingerprint density at radius 1 is 1.28 bits per heavy atom. The molecule has 1 aliphatic heterocycles. The highest BCUT2D eigenvalue weighted by Crippen LogP contribution is 2.44. The van der Waals surface area contributed by atoms with Crippen LogP contribution in [-0.4, -0.2) is 28.5 Å². The quantitative estimate of drug-likeness (QED) is 0.613. The van der Waals surface area contributed by atoms with Crippen molar-refractivity contribution in [1.82, 2.24) is 9.55 Å². The second-order valence-electron chi connectivity index (χ2n) is 6.34. The number of carbonyl (C=O) groups is 2. The zero-order valence-corrected chi connectivity index (χ0v) is 15.3. The smallest absolute Gasteiger partial charge is 0.306 e. The van der Waals surface area contributed by atoms with Crippen LogP contribution in [0.15, 0.2) is 46.9 Å². The monoisotopic (exact) mass is 398 g/mol. The largest absolute Gasteiger partial charge is 0.469 e. The molecule has 0 amide bonds. The van der Waals surface area contributed by atoms with Crippen LogP contribution < -0.4 is 0 Å². The van der Waals surface area contributed by atoms with E-state index >= 15 is 0 Å². The Hall–Kier alpha value is -2.47. The molecule has 0 spiro atoms. The van der Waals surface area contributed by atoms with Crippen LogP contribution in [0, 0.1) is 0 Å². The van der Waals surface area contributed by atoms with Gasteiger partial charge in [0.05, 0.1) is 30.0 Å². The molecule has 0 fully saturated rings. The van der Waals surface area contributed by atoms with Crippen molar-refractivity contribution < 1.29 is 14.3 Å². The molecule has 1 unspecified atom stereocenters. The van der Waals surface area contributed by atoms with Crippen molar-refractivity contribution in [3.8, 4) is 11.4 Å². The van der Waals surface area contributed by atoms with Gasteiger partial charge in [0.25, 0.3) is 0 Å². The lowest BCUT2D eigenvalue weighted by Crippen LogP contribution is -2.42. The Kier molecular flexibility index (Phi) is 3.54. The Labute approximate surface area is 152 Å². The van der Waals surface area contributed by atoms with E-state index < -0.39 is 11.4 Å². The lowest BCUT2D eigenvalue weighted by Gasteiger charge is -2.34. The zero-order valence-electron chi connectivity index (χ0n) is 13.7. The normalized spacial score (nSPS) is 18.8. The number of hydrogen-bond acceptors (Lipinski definition) is 4. The van der Waals surface area contributed by atoms with Crippen LogP contribution in [0.2, 0.25) is 0 Å². The number of methoxy groups -OCH3 is 1. The second kappa shape index (κ2) is 5.52. The molecule has 0 saturated heterocycles. The van der Waals surface area contributed by atoms with Crippen molar-refractivity contribution in [2.75, 3.05) is 7.11 Å². The average Bonchev–Trinajstić information content (AvgIpc) is 2.99. The molecule has 25 heavy (non-hydrogen) atoms. The molecule has 2 heterocycles. The highest BCUT2D eigenvalue weighted by Gasteiger charge is 2.46. The topological polar surface area (TPSA) is 61.2 Å². The maximum Gasteiger partial charge on any atom is 0.306 e. The fourth-order valence-corrected chi connectivity index (χ4v) is 3.83. The van der Waals surface area contributed by atoms with Crippen LogP contribution >= 0.6 is 15.9 Å². The molecule has 4 rings (SSSR count). The molecular formula is C19H15BrN2O3. The average molecular weight is 399 g/mol. The van der Waals surface area contributed by atoms with Crippen molar-refractivity contribution in [3.63, 3.8) is 0 Å². The van der Waals surface area contributed by atoms with Crippen LogP contribution in [0.25, 0.3) is 22.4 Å². The Morgan fingerprint density at radius 3 is 2.80 bits per heavy atom. The van der Waals surface area contributed by atoms with Gasteiger partial charge in [0.2, 0.25) is 5.91 Å². The fourth-order valence-electron chi connectivity index (χ4n) is 3.47. The van der Waals surface area contributed by atoms with Crippen LogP contribution in [-0.2, 0) is 14.9 Å². The summed E-state index contributed by atoms with van der Waals surface area (Å²) in [6.07, 6.45) is -0.0300. The van der Waals surface area contributed by atoms with Gasteiger partial charge in [-0.15, -0.1) is 0 Å². The van der Waals surface area contributed by atoms with Crippen LogP contribution in [0.1, 0.15) is 23.7 Å². The van der Waals surface area contributed by atoms with Gasteiger partial charge in [-0.1, -0.05) is 28.1 Å². The number of fused-ring (bicyclic) bond motifs is 5. The minimum Gasteiger partial charge on any atom is -0.469 e. The Morgan fingerprint density at radius 2 is 2.04 bits per heavy atom. The number of rotatable bonds is 2. The summed E-state index contributed by atoms with van der Waals surface area (Å²) in [5, 5.41) is 0. The van der Waals surface area contributed by atoms with E-state index in [9.17, 15) is 9.59 Å². The van der Waals surface area contributed by atoms with Gasteiger partial charge >= 0.3 is 5.97 Å². The van der Waals surface area contributed by atoms with E-state index in [0.717, 1.165) is 26.6 Å². The third-order valence-electron chi connectivity index (χ3n) is 4.78. The molecule has 6 heteroatoms. The van der Waals surface area contributed by atoms with Crippen molar-refractivity contribution in [2.45, 2.75) is 18.8 Å². The summed E-state index contributed by atoms with van der Waals surface area (Å²) < 4.78 is 7.31. The standard InChI is InChI=1S/C19H15BrN2O3/c1-19(10-16(23)25-2)13-9-11(20)7-8-12(13)17-21-14-5-3-4-6-15(14)22(17)18(19)24/h3-9H,10H2,1-2H3. The summed E-state index contributed by atoms with van der Waals surface area (Å²) >= 11 is 3.47. The van der Waals surface area contributed by atoms with Gasteiger partial charge in [0, 0.05) is 10.0 Å². The van der Waals surface area contributed by atoms with E-state index in [2.05, 4.69) is 20.9 Å². The highest BCUT2D eigenvalue weighted by molar-refractivity contribution is 9.10. The first-order valence-electron chi connectivity index (χ1n) is 7.85. The van der Waals surface area contributed by atoms with E-state index in [4.69, 9.17) is 4.74 Å². The summed E-state index contributed by atoms with van der Waals surface area (Å²) in [6, 6.07) is 13.2. The molecule has 0 radical (unpaired) electrons. The minimum atomic E-state index is -1.03. The summed E-state index contributed by atoms with van der Waals surface area (Å²) in [7, 11) is 1.33. The zero-order chi connectivity index (χ0) is 17.8. The maximum atomic E-state index is 13.4. The molecule has 0 bridgehead atoms. The molecule has 1 atom stereocenters. The van der Waals surface area contributed by atoms with Crippen molar-refractivity contribution in [2.24, 2.45) is 0 Å². The number of hydrogen-bond donors (Lipinski definition) is 0. The van der Waals surface area contributed by atoms with Gasteiger partial charge in [-0.3, -0.25) is 14.2 Å². The molecule has 0 N–H and O–H groups in total. The molecule has 3 aromatic rings. The number of nitrogens with zero attached hydrogens (tertiary/aromatic N) is 2. The second-order valence-corrected chi connectivity index (χ2v) is 7.26. The Bertz CT molecular complexity index is 1040. The van der Waals surface area contributed by atoms with E-state index in [-0.39, 0.29) is 12.3 Å². The highest BCUT2D eigenvalue weighted by atomic mass is 79.9. The SMILES string of the molecule is COC(=O)CC1(C)C(=O)n2c(nc3ccccc32)-c2ccc(Br)cc21. The van der Waals surface area contributed by atoms with E-state index in [1.165, 1.54) is 7.11 Å². The number of aromatic nitrogens is 2. The molecule has 0 saturated carbocycles. The van der Waals surface area contributed by atoms with Gasteiger partial charge in [-0.25, -0.2) is 4.98 Å². The number of esters is 1. The van der Waals surface area contributed by atoms with Crippen LogP contribution in [0.3, 0.4) is 0 Å². The third kappa shape index (κ3) is 2.24. The third-order valence-corrected chi connectivity index (χ3v) is 5.27. The van der Waals surface area contributed by atoms with Crippen molar-refractivity contribution >= 4 is 38.8 Å². The first kappa shape index (κ1) is 16.0. The van der Waals surface area contributed by atoms with Crippen molar-refractivity contribution in [1.29, 1.82) is 0 Å². The molecular weight excluding hydrogens is 384 g/mol. The van der Waals surface area contributed by atoms with E-state index in [1.807, 2.05) is 42.5 Å². The molecule has 0 aliphatic carbocycles. The summed E-state index contributed by atoms with van der Waals surface area (Å²) in [4.78, 5) is 30.1. The molecule has 1 aromatic heterocycles. The van der Waals surface area contributed by atoms with Gasteiger partial charge in [0.15, 0.2) is 0 Å². The minimum absolute atomic E-state index is 0.0300. The Balaban J connectivity index is 2.06. The van der Waals surface area contributed by atoms with Crippen LogP contribution in [0.4, 0.5) is 0 Å². The predicted molar refractivity (Wildman–Crippen MR) is 97.5 cm³/mol. The summed E-state index contributed by atoms with van der Waals surface area (Å²) in [5.41, 5.74) is 2.10. The first-order valence-corrected chi connectivity index (χ1v) is 8.64. The van der Waals surface area contributed by atoms with E-state index in [0.29, 0.717) is 5.82 Å². The van der Waals surface area contributed by atoms with Crippen LogP contribution in [0.5, 0.6) is 0 Å². The van der Waals surface area contributed by atoms with Gasteiger partial charge in [0.1, 0.15) is 5.82 Å². The number of imidazole rings is 1. The summed E-state index contributed by atoms with van der Waals surface area (Å²) in [5.74, 6) is 0.0119. The van der Waals surface area contributed by atoms with Crippen molar-refractivity contribution in [3.05, 3.63) is 52.5 Å². The number of carbonyl (C=O) groups excluding carboxylic acids is 2. The molecule has 1 aliphatic rings. The van der Waals surface area contributed by atoms with Gasteiger partial charge in [-0.2, -0.15) is 0 Å². The first-order chi connectivity index (χ1) is 12.0. The number of halogens is 1. The lowest BCUT2D eigenvalue weighted by atomic mass is 9.74. The van der Waals surface area contributed by atoms with Gasteiger partial charge in [-0.05, 0) is 42.8 Å². The molecule has 2 aromatic carbocycles. The number of benzene rings is 2. The maximum absolute atomic E-state index is 13.4. The van der Waals surface area contributed by atoms with Gasteiger partial charge < -0.3 is 4.74 Å². The fraction of sp³-hybridized carbons (Fsp3) is 0.211. The molecule has 126 valence electrons. The van der Waals surface area contributed by atoms with E-state index in [1.54, 1.807) is 11.5 Å². The summed E-state index contributed by atoms with van der Waals surface area (Å²) in [6.45, 7) is 1.79. The lowest BCUT2D eigenvalue weighted by molar-refractivity contribution is -0.141. The predicted octanol–water partition coefficient (Wildman–Crippen LogP) is 3.94. The number of para-hydroxylation sites is 2. The molecule has 5 nitrogen and oxygen atoms in total.